The van der Waals surface area contributed by atoms with Gasteiger partial charge in [-0.25, -0.2) is 9.97 Å². The van der Waals surface area contributed by atoms with Crippen molar-refractivity contribution < 1.29 is 0 Å². The number of nitrogens with zero attached hydrogens (tertiary/aromatic N) is 3. The number of halogens is 1. The summed E-state index contributed by atoms with van der Waals surface area (Å²) in [7, 11) is 0. The second-order valence-electron chi connectivity index (χ2n) is 5.81. The van der Waals surface area contributed by atoms with E-state index in [9.17, 15) is 0 Å². The maximum atomic E-state index is 5.88. The van der Waals surface area contributed by atoms with Gasteiger partial charge in [-0.1, -0.05) is 15.9 Å². The van der Waals surface area contributed by atoms with Gasteiger partial charge in [-0.15, -0.1) is 0 Å². The lowest BCUT2D eigenvalue weighted by atomic mass is 10.1. The number of hydrogen-bond acceptors (Lipinski definition) is 4. The number of aromatic nitrogens is 3. The number of aryl methyl sites for hydroxylation is 1. The van der Waals surface area contributed by atoms with Gasteiger partial charge in [-0.2, -0.15) is 0 Å². The van der Waals surface area contributed by atoms with Gasteiger partial charge in [0.2, 0.25) is 0 Å². The second-order valence-corrected chi connectivity index (χ2v) is 6.66. The molecule has 2 aromatic heterocycles. The summed E-state index contributed by atoms with van der Waals surface area (Å²) in [5, 5.41) is 1.09. The molecule has 0 amide bonds. The normalized spacial score (nSPS) is 20.3. The number of hydrogen-bond donors (Lipinski definition) is 1. The first kappa shape index (κ1) is 13.6. The Labute approximate surface area is 136 Å². The second kappa shape index (κ2) is 5.02. The van der Waals surface area contributed by atoms with E-state index in [0.717, 1.165) is 44.7 Å². The Morgan fingerprint density at radius 3 is 2.82 bits per heavy atom. The fourth-order valence-electron chi connectivity index (χ4n) is 2.87. The van der Waals surface area contributed by atoms with Crippen LogP contribution in [-0.2, 0) is 0 Å². The highest BCUT2D eigenvalue weighted by molar-refractivity contribution is 9.10. The average Bonchev–Trinajstić information content (AvgIpc) is 3.27. The molecule has 1 aliphatic carbocycles. The number of nitrogen functional groups attached to an aromatic ring is 1. The van der Waals surface area contributed by atoms with Crippen LogP contribution in [0.4, 0.5) is 5.69 Å². The molecule has 1 aliphatic rings. The monoisotopic (exact) mass is 354 g/mol. The average molecular weight is 355 g/mol. The first-order chi connectivity index (χ1) is 10.6. The zero-order chi connectivity index (χ0) is 15.3. The molecule has 1 saturated carbocycles. The number of benzene rings is 1. The van der Waals surface area contributed by atoms with E-state index in [2.05, 4.69) is 32.0 Å². The Morgan fingerprint density at radius 2 is 2.00 bits per heavy atom. The number of anilines is 1. The van der Waals surface area contributed by atoms with E-state index in [4.69, 9.17) is 10.7 Å². The van der Waals surface area contributed by atoms with E-state index in [-0.39, 0.29) is 0 Å². The lowest BCUT2D eigenvalue weighted by molar-refractivity contribution is 0.867. The molecule has 0 aliphatic heterocycles. The highest BCUT2D eigenvalue weighted by Crippen LogP contribution is 2.53. The Balaban J connectivity index is 1.71. The van der Waals surface area contributed by atoms with Crippen LogP contribution in [0.5, 0.6) is 0 Å². The van der Waals surface area contributed by atoms with Crippen LogP contribution in [0, 0.1) is 6.92 Å². The van der Waals surface area contributed by atoms with Gasteiger partial charge in [0.05, 0.1) is 5.52 Å². The molecule has 22 heavy (non-hydrogen) atoms. The maximum absolute atomic E-state index is 5.88. The summed E-state index contributed by atoms with van der Waals surface area (Å²) < 4.78 is 1.06. The summed E-state index contributed by atoms with van der Waals surface area (Å²) in [6, 6.07) is 9.85. The molecule has 0 saturated heterocycles. The molecule has 0 unspecified atom stereocenters. The van der Waals surface area contributed by atoms with E-state index in [0.29, 0.717) is 11.8 Å². The molecule has 0 radical (unpaired) electrons. The molecule has 1 fully saturated rings. The fourth-order valence-corrected chi connectivity index (χ4v) is 3.44. The third kappa shape index (κ3) is 2.35. The molecular weight excluding hydrogens is 340 g/mol. The number of fused-ring (bicyclic) bond motifs is 1. The van der Waals surface area contributed by atoms with Crippen molar-refractivity contribution in [1.82, 2.24) is 15.0 Å². The maximum Gasteiger partial charge on any atom is 0.132 e. The van der Waals surface area contributed by atoms with Gasteiger partial charge in [0.1, 0.15) is 5.82 Å². The Hall–Kier alpha value is -2.01. The third-order valence-electron chi connectivity index (χ3n) is 4.12. The molecule has 0 bridgehead atoms. The first-order valence-corrected chi connectivity index (χ1v) is 8.06. The van der Waals surface area contributed by atoms with Crippen molar-refractivity contribution in [3.63, 3.8) is 0 Å². The van der Waals surface area contributed by atoms with E-state index in [1.54, 1.807) is 0 Å². The minimum absolute atomic E-state index is 0.373. The molecule has 4 rings (SSSR count). The molecule has 0 spiro atoms. The van der Waals surface area contributed by atoms with Crippen molar-refractivity contribution in [3.05, 3.63) is 58.2 Å². The van der Waals surface area contributed by atoms with Gasteiger partial charge < -0.3 is 5.73 Å². The Morgan fingerprint density at radius 1 is 1.14 bits per heavy atom. The molecule has 1 aromatic carbocycles. The van der Waals surface area contributed by atoms with E-state index in [1.165, 1.54) is 0 Å². The van der Waals surface area contributed by atoms with Gasteiger partial charge in [0, 0.05) is 45.0 Å². The van der Waals surface area contributed by atoms with Crippen molar-refractivity contribution in [2.24, 2.45) is 0 Å². The lowest BCUT2D eigenvalue weighted by Crippen LogP contribution is -1.96. The van der Waals surface area contributed by atoms with Crippen molar-refractivity contribution in [2.75, 3.05) is 5.73 Å². The predicted octanol–water partition coefficient (Wildman–Crippen LogP) is 3.95. The highest BCUT2D eigenvalue weighted by atomic mass is 79.9. The van der Waals surface area contributed by atoms with Gasteiger partial charge in [-0.3, -0.25) is 4.98 Å². The van der Waals surface area contributed by atoms with Crippen LogP contribution in [0.25, 0.3) is 10.9 Å². The fraction of sp³-hybridized carbons (Fsp3) is 0.235. The van der Waals surface area contributed by atoms with E-state index >= 15 is 0 Å². The van der Waals surface area contributed by atoms with Crippen LogP contribution in [0.3, 0.4) is 0 Å². The van der Waals surface area contributed by atoms with Gasteiger partial charge in [-0.05, 0) is 43.7 Å². The van der Waals surface area contributed by atoms with E-state index < -0.39 is 0 Å². The lowest BCUT2D eigenvalue weighted by Gasteiger charge is -2.06. The number of nitrogens with two attached hydrogens (primary N) is 1. The molecule has 2 atom stereocenters. The number of pyridine rings is 1. The molecule has 5 heteroatoms. The standard InChI is InChI=1S/C17H15BrN4/c1-9-4-5-20-17(21-9)13-7-12(13)16-8-14(18)11-3-2-10(19)6-15(11)22-16/h2-6,8,12-13H,7,19H2,1H3/t12-,13-/m0/s1. The summed E-state index contributed by atoms with van der Waals surface area (Å²) in [5.41, 5.74) is 9.63. The summed E-state index contributed by atoms with van der Waals surface area (Å²) in [5.74, 6) is 1.69. The van der Waals surface area contributed by atoms with Crippen molar-refractivity contribution in [3.8, 4) is 0 Å². The van der Waals surface area contributed by atoms with Crippen LogP contribution >= 0.6 is 15.9 Å². The van der Waals surface area contributed by atoms with Crippen LogP contribution in [0.1, 0.15) is 35.5 Å². The largest absolute Gasteiger partial charge is 0.399 e. The molecule has 3 aromatic rings. The minimum Gasteiger partial charge on any atom is -0.399 e. The Kier molecular flexibility index (Phi) is 3.11. The SMILES string of the molecule is Cc1ccnc([C@H]2C[C@@H]2c2cc(Br)c3ccc(N)cc3n2)n1. The Bertz CT molecular complexity index is 878. The van der Waals surface area contributed by atoms with Gasteiger partial charge in [0.15, 0.2) is 0 Å². The summed E-state index contributed by atoms with van der Waals surface area (Å²) >= 11 is 3.64. The van der Waals surface area contributed by atoms with Gasteiger partial charge >= 0.3 is 0 Å². The highest BCUT2D eigenvalue weighted by Gasteiger charge is 2.43. The van der Waals surface area contributed by atoms with E-state index in [1.807, 2.05) is 37.4 Å². The molecule has 2 heterocycles. The first-order valence-electron chi connectivity index (χ1n) is 7.27. The molecular formula is C17H15BrN4. The minimum atomic E-state index is 0.373. The third-order valence-corrected chi connectivity index (χ3v) is 4.77. The van der Waals surface area contributed by atoms with Crippen LogP contribution in [0.2, 0.25) is 0 Å². The molecule has 2 N–H and O–H groups in total. The summed E-state index contributed by atoms with van der Waals surface area (Å²) in [4.78, 5) is 13.7. The summed E-state index contributed by atoms with van der Waals surface area (Å²) in [6.07, 6.45) is 2.88. The van der Waals surface area contributed by atoms with Gasteiger partial charge in [0.25, 0.3) is 0 Å². The molecule has 4 nitrogen and oxygen atoms in total. The van der Waals surface area contributed by atoms with Crippen LogP contribution < -0.4 is 5.73 Å². The van der Waals surface area contributed by atoms with Crippen LogP contribution in [0.15, 0.2) is 41.0 Å². The smallest absolute Gasteiger partial charge is 0.132 e. The van der Waals surface area contributed by atoms with Crippen molar-refractivity contribution >= 4 is 32.5 Å². The van der Waals surface area contributed by atoms with Crippen molar-refractivity contribution in [2.45, 2.75) is 25.2 Å². The summed E-state index contributed by atoms with van der Waals surface area (Å²) in [6.45, 7) is 2.00. The topological polar surface area (TPSA) is 64.7 Å². The quantitative estimate of drug-likeness (QED) is 0.707. The van der Waals surface area contributed by atoms with Crippen LogP contribution in [-0.4, -0.2) is 15.0 Å². The predicted molar refractivity (Wildman–Crippen MR) is 90.7 cm³/mol. The number of rotatable bonds is 2. The zero-order valence-electron chi connectivity index (χ0n) is 12.1. The zero-order valence-corrected chi connectivity index (χ0v) is 13.7. The molecule has 110 valence electrons. The van der Waals surface area contributed by atoms with Crippen molar-refractivity contribution in [1.29, 1.82) is 0 Å².